The molecule has 0 bridgehead atoms. The lowest BCUT2D eigenvalue weighted by Crippen LogP contribution is -2.01. The Hall–Kier alpha value is -0.970. The summed E-state index contributed by atoms with van der Waals surface area (Å²) in [5.74, 6) is 0.635. The molecule has 0 saturated heterocycles. The van der Waals surface area contributed by atoms with Gasteiger partial charge in [0.1, 0.15) is 0 Å². The zero-order valence-corrected chi connectivity index (χ0v) is 10.5. The van der Waals surface area contributed by atoms with E-state index in [9.17, 15) is 0 Å². The lowest BCUT2D eigenvalue weighted by Gasteiger charge is -1.99. The number of hydrogen-bond donors (Lipinski definition) is 2. The van der Waals surface area contributed by atoms with Crippen molar-refractivity contribution in [1.82, 2.24) is 9.97 Å². The van der Waals surface area contributed by atoms with E-state index in [1.807, 2.05) is 12.3 Å². The minimum absolute atomic E-state index is 0. The molecule has 16 heavy (non-hydrogen) atoms. The van der Waals surface area contributed by atoms with Crippen molar-refractivity contribution in [2.75, 3.05) is 13.7 Å². The Morgan fingerprint density at radius 1 is 1.44 bits per heavy atom. The molecule has 4 nitrogen and oxygen atoms in total. The number of aromatic nitrogens is 2. The van der Waals surface area contributed by atoms with Gasteiger partial charge in [0.25, 0.3) is 0 Å². The van der Waals surface area contributed by atoms with E-state index in [1.54, 1.807) is 13.3 Å². The van der Waals surface area contributed by atoms with Gasteiger partial charge in [0.2, 0.25) is 5.88 Å². The third-order valence-electron chi connectivity index (χ3n) is 2.25. The molecule has 0 unspecified atom stereocenters. The van der Waals surface area contributed by atoms with E-state index in [0.717, 1.165) is 17.3 Å². The standard InChI is InChI=1S/C10H13N3O.2ClH/c1-14-10-4-8-7(2-3-11)5-12-9(8)6-13-10;;/h4-6,12H,2-3,11H2,1H3;2*1H. The number of nitrogens with zero attached hydrogens (tertiary/aromatic N) is 1. The number of nitrogens with one attached hydrogen (secondary N) is 1. The number of rotatable bonds is 3. The Kier molecular flexibility index (Phi) is 6.18. The Labute approximate surface area is 106 Å². The number of ether oxygens (including phenoxy) is 1. The molecule has 2 rings (SSSR count). The van der Waals surface area contributed by atoms with Gasteiger partial charge in [0.15, 0.2) is 0 Å². The van der Waals surface area contributed by atoms with Crippen LogP contribution in [0.3, 0.4) is 0 Å². The van der Waals surface area contributed by atoms with Crippen molar-refractivity contribution >= 4 is 35.7 Å². The molecule has 3 N–H and O–H groups in total. The summed E-state index contributed by atoms with van der Waals surface area (Å²) in [7, 11) is 1.61. The Balaban J connectivity index is 0.00000112. The molecule has 0 amide bonds. The molecule has 0 aliphatic carbocycles. The summed E-state index contributed by atoms with van der Waals surface area (Å²) in [6.07, 6.45) is 4.61. The van der Waals surface area contributed by atoms with E-state index >= 15 is 0 Å². The summed E-state index contributed by atoms with van der Waals surface area (Å²) in [6, 6.07) is 1.93. The first-order valence-electron chi connectivity index (χ1n) is 4.55. The van der Waals surface area contributed by atoms with Crippen LogP contribution in [0, 0.1) is 0 Å². The highest BCUT2D eigenvalue weighted by atomic mass is 35.5. The zero-order chi connectivity index (χ0) is 9.97. The fourth-order valence-corrected chi connectivity index (χ4v) is 1.53. The fourth-order valence-electron chi connectivity index (χ4n) is 1.53. The maximum Gasteiger partial charge on any atom is 0.213 e. The molecule has 0 spiro atoms. The Bertz CT molecular complexity index is 445. The quantitative estimate of drug-likeness (QED) is 0.890. The molecular formula is C10H15Cl2N3O. The molecule has 2 heterocycles. The molecule has 0 fully saturated rings. The lowest BCUT2D eigenvalue weighted by atomic mass is 10.1. The number of methoxy groups -OCH3 is 1. The summed E-state index contributed by atoms with van der Waals surface area (Å²) in [4.78, 5) is 7.26. The lowest BCUT2D eigenvalue weighted by molar-refractivity contribution is 0.398. The van der Waals surface area contributed by atoms with Crippen LogP contribution >= 0.6 is 24.8 Å². The van der Waals surface area contributed by atoms with E-state index in [0.29, 0.717) is 12.4 Å². The Morgan fingerprint density at radius 3 is 2.81 bits per heavy atom. The number of fused-ring (bicyclic) bond motifs is 1. The molecule has 0 atom stereocenters. The maximum absolute atomic E-state index is 5.52. The van der Waals surface area contributed by atoms with Gasteiger partial charge >= 0.3 is 0 Å². The topological polar surface area (TPSA) is 63.9 Å². The highest BCUT2D eigenvalue weighted by Gasteiger charge is 2.04. The van der Waals surface area contributed by atoms with Gasteiger partial charge in [0.05, 0.1) is 18.8 Å². The molecule has 6 heteroatoms. The highest BCUT2D eigenvalue weighted by molar-refractivity contribution is 5.85. The number of H-pyrrole nitrogens is 1. The van der Waals surface area contributed by atoms with E-state index in [-0.39, 0.29) is 24.8 Å². The molecule has 0 saturated carbocycles. The van der Waals surface area contributed by atoms with E-state index in [2.05, 4.69) is 9.97 Å². The summed E-state index contributed by atoms with van der Waals surface area (Å²) in [5.41, 5.74) is 7.75. The van der Waals surface area contributed by atoms with Gasteiger partial charge in [-0.15, -0.1) is 24.8 Å². The third kappa shape index (κ3) is 2.78. The number of halogens is 2. The zero-order valence-electron chi connectivity index (χ0n) is 8.90. The molecule has 0 aliphatic rings. The minimum atomic E-state index is 0. The van der Waals surface area contributed by atoms with Crippen molar-refractivity contribution in [2.24, 2.45) is 5.73 Å². The first-order valence-corrected chi connectivity index (χ1v) is 4.55. The summed E-state index contributed by atoms with van der Waals surface area (Å²) in [5, 5.41) is 1.14. The van der Waals surface area contributed by atoms with Crippen LogP contribution in [0.15, 0.2) is 18.5 Å². The van der Waals surface area contributed by atoms with Crippen LogP contribution in [0.4, 0.5) is 0 Å². The molecule has 0 aliphatic heterocycles. The fraction of sp³-hybridized carbons (Fsp3) is 0.300. The second-order valence-electron chi connectivity index (χ2n) is 3.12. The smallest absolute Gasteiger partial charge is 0.213 e. The van der Waals surface area contributed by atoms with E-state index < -0.39 is 0 Å². The molecule has 90 valence electrons. The first-order chi connectivity index (χ1) is 6.85. The normalized spacial score (nSPS) is 9.38. The molecule has 0 aromatic carbocycles. The van der Waals surface area contributed by atoms with E-state index in [4.69, 9.17) is 10.5 Å². The average molecular weight is 264 g/mol. The van der Waals surface area contributed by atoms with Crippen molar-refractivity contribution in [3.05, 3.63) is 24.0 Å². The van der Waals surface area contributed by atoms with Gasteiger partial charge in [-0.05, 0) is 18.5 Å². The van der Waals surface area contributed by atoms with Crippen LogP contribution in [-0.2, 0) is 6.42 Å². The van der Waals surface area contributed by atoms with Crippen LogP contribution in [0.25, 0.3) is 10.9 Å². The van der Waals surface area contributed by atoms with Crippen LogP contribution in [0.2, 0.25) is 0 Å². The van der Waals surface area contributed by atoms with Crippen molar-refractivity contribution in [3.63, 3.8) is 0 Å². The van der Waals surface area contributed by atoms with Gasteiger partial charge in [-0.2, -0.15) is 0 Å². The second kappa shape index (κ2) is 6.58. The average Bonchev–Trinajstić information content (AvgIpc) is 2.61. The summed E-state index contributed by atoms with van der Waals surface area (Å²) < 4.78 is 5.07. The van der Waals surface area contributed by atoms with Crippen molar-refractivity contribution in [2.45, 2.75) is 6.42 Å². The molecule has 2 aromatic heterocycles. The van der Waals surface area contributed by atoms with Gasteiger partial charge in [0, 0.05) is 17.6 Å². The van der Waals surface area contributed by atoms with Crippen LogP contribution < -0.4 is 10.5 Å². The third-order valence-corrected chi connectivity index (χ3v) is 2.25. The molecule has 0 radical (unpaired) electrons. The minimum Gasteiger partial charge on any atom is -0.481 e. The predicted octanol–water partition coefficient (Wildman–Crippen LogP) is 1.92. The van der Waals surface area contributed by atoms with Crippen LogP contribution in [0.5, 0.6) is 5.88 Å². The number of pyridine rings is 1. The number of aromatic amines is 1. The monoisotopic (exact) mass is 263 g/mol. The number of nitrogens with two attached hydrogens (primary N) is 1. The van der Waals surface area contributed by atoms with Crippen LogP contribution in [0.1, 0.15) is 5.56 Å². The predicted molar refractivity (Wildman–Crippen MR) is 69.9 cm³/mol. The summed E-state index contributed by atoms with van der Waals surface area (Å²) >= 11 is 0. The van der Waals surface area contributed by atoms with Crippen molar-refractivity contribution in [3.8, 4) is 5.88 Å². The highest BCUT2D eigenvalue weighted by Crippen LogP contribution is 2.21. The first kappa shape index (κ1) is 15.0. The molecule has 2 aromatic rings. The van der Waals surface area contributed by atoms with Crippen molar-refractivity contribution in [1.29, 1.82) is 0 Å². The number of hydrogen-bond acceptors (Lipinski definition) is 3. The van der Waals surface area contributed by atoms with Gasteiger partial charge < -0.3 is 15.5 Å². The SMILES string of the molecule is COc1cc2c(CCN)c[nH]c2cn1.Cl.Cl. The largest absolute Gasteiger partial charge is 0.481 e. The molecular weight excluding hydrogens is 249 g/mol. The van der Waals surface area contributed by atoms with E-state index in [1.165, 1.54) is 5.56 Å². The van der Waals surface area contributed by atoms with Gasteiger partial charge in [-0.1, -0.05) is 0 Å². The van der Waals surface area contributed by atoms with Gasteiger partial charge in [-0.3, -0.25) is 0 Å². The second-order valence-corrected chi connectivity index (χ2v) is 3.12. The van der Waals surface area contributed by atoms with Crippen LogP contribution in [-0.4, -0.2) is 23.6 Å². The van der Waals surface area contributed by atoms with Gasteiger partial charge in [-0.25, -0.2) is 4.98 Å². The maximum atomic E-state index is 5.52. The van der Waals surface area contributed by atoms with Crippen molar-refractivity contribution < 1.29 is 4.74 Å². The summed E-state index contributed by atoms with van der Waals surface area (Å²) in [6.45, 7) is 0.650. The Morgan fingerprint density at radius 2 is 2.19 bits per heavy atom.